The first-order valence-electron chi connectivity index (χ1n) is 6.43. The number of benzene rings is 1. The first-order valence-corrected chi connectivity index (χ1v) is 6.43. The number of ether oxygens (including phenoxy) is 2. The number of rotatable bonds is 7. The topological polar surface area (TPSA) is 30.5 Å². The van der Waals surface area contributed by atoms with Crippen LogP contribution in [0.1, 0.15) is 38.8 Å². The smallest absolute Gasteiger partial charge is 0.119 e. The van der Waals surface area contributed by atoms with Crippen molar-refractivity contribution in [2.75, 3.05) is 20.8 Å². The Labute approximate surface area is 110 Å². The van der Waals surface area contributed by atoms with Gasteiger partial charge in [0.15, 0.2) is 0 Å². The minimum atomic E-state index is -0.129. The molecule has 1 unspecified atom stereocenters. The zero-order valence-corrected chi connectivity index (χ0v) is 12.1. The molecule has 0 aliphatic rings. The van der Waals surface area contributed by atoms with Crippen LogP contribution in [0.4, 0.5) is 0 Å². The van der Waals surface area contributed by atoms with E-state index in [1.54, 1.807) is 7.11 Å². The minimum absolute atomic E-state index is 0.129. The number of hydrogen-bond donors (Lipinski definition) is 1. The Morgan fingerprint density at radius 2 is 2.06 bits per heavy atom. The molecule has 3 heteroatoms. The fraction of sp³-hybridized carbons (Fsp3) is 0.600. The molecule has 0 radical (unpaired) electrons. The maximum atomic E-state index is 5.77. The molecule has 3 nitrogen and oxygen atoms in total. The summed E-state index contributed by atoms with van der Waals surface area (Å²) in [4.78, 5) is 0. The van der Waals surface area contributed by atoms with Gasteiger partial charge in [-0.2, -0.15) is 0 Å². The normalized spacial score (nSPS) is 13.4. The predicted octanol–water partition coefficient (Wildman–Crippen LogP) is 3.16. The maximum absolute atomic E-state index is 5.77. The van der Waals surface area contributed by atoms with Crippen LogP contribution in [0.3, 0.4) is 0 Å². The molecule has 0 saturated heterocycles. The SMILES string of the molecule is CNC(C)c1cccc(OCCC(C)(C)OC)c1. The fourth-order valence-corrected chi connectivity index (χ4v) is 1.56. The summed E-state index contributed by atoms with van der Waals surface area (Å²) in [6, 6.07) is 8.55. The average Bonchev–Trinajstić information content (AvgIpc) is 2.38. The average molecular weight is 251 g/mol. The van der Waals surface area contributed by atoms with E-state index in [1.165, 1.54) is 5.56 Å². The third-order valence-corrected chi connectivity index (χ3v) is 3.32. The minimum Gasteiger partial charge on any atom is -0.493 e. The molecule has 0 amide bonds. The largest absolute Gasteiger partial charge is 0.493 e. The zero-order chi connectivity index (χ0) is 13.6. The predicted molar refractivity (Wildman–Crippen MR) is 75.1 cm³/mol. The molecule has 0 saturated carbocycles. The van der Waals surface area contributed by atoms with Crippen molar-refractivity contribution in [3.8, 4) is 5.75 Å². The van der Waals surface area contributed by atoms with Gasteiger partial charge in [-0.05, 0) is 45.5 Å². The summed E-state index contributed by atoms with van der Waals surface area (Å²) >= 11 is 0. The second kappa shape index (κ2) is 6.76. The summed E-state index contributed by atoms with van der Waals surface area (Å²) in [6.45, 7) is 6.93. The van der Waals surface area contributed by atoms with Crippen LogP contribution < -0.4 is 10.1 Å². The molecule has 0 aromatic heterocycles. The van der Waals surface area contributed by atoms with Gasteiger partial charge in [0, 0.05) is 19.6 Å². The first kappa shape index (κ1) is 15.0. The molecule has 1 atom stereocenters. The lowest BCUT2D eigenvalue weighted by atomic mass is 10.1. The van der Waals surface area contributed by atoms with Gasteiger partial charge in [0.05, 0.1) is 12.2 Å². The molecule has 0 bridgehead atoms. The molecule has 1 rings (SSSR count). The van der Waals surface area contributed by atoms with Crippen LogP contribution >= 0.6 is 0 Å². The lowest BCUT2D eigenvalue weighted by Crippen LogP contribution is -2.25. The Morgan fingerprint density at radius 1 is 1.33 bits per heavy atom. The summed E-state index contributed by atoms with van der Waals surface area (Å²) < 4.78 is 11.1. The quantitative estimate of drug-likeness (QED) is 0.807. The van der Waals surface area contributed by atoms with Crippen LogP contribution in [0.5, 0.6) is 5.75 Å². The Kier molecular flexibility index (Phi) is 5.63. The molecule has 0 aliphatic heterocycles. The summed E-state index contributed by atoms with van der Waals surface area (Å²) in [5.41, 5.74) is 1.11. The van der Waals surface area contributed by atoms with Crippen molar-refractivity contribution < 1.29 is 9.47 Å². The third kappa shape index (κ3) is 4.67. The zero-order valence-electron chi connectivity index (χ0n) is 12.1. The maximum Gasteiger partial charge on any atom is 0.119 e. The van der Waals surface area contributed by atoms with Crippen molar-refractivity contribution in [2.24, 2.45) is 0 Å². The molecule has 1 N–H and O–H groups in total. The van der Waals surface area contributed by atoms with Crippen molar-refractivity contribution in [1.82, 2.24) is 5.32 Å². The van der Waals surface area contributed by atoms with Crippen molar-refractivity contribution in [1.29, 1.82) is 0 Å². The van der Waals surface area contributed by atoms with E-state index in [9.17, 15) is 0 Å². The van der Waals surface area contributed by atoms with Crippen LogP contribution in [0, 0.1) is 0 Å². The molecule has 0 fully saturated rings. The van der Waals surface area contributed by atoms with Gasteiger partial charge < -0.3 is 14.8 Å². The highest BCUT2D eigenvalue weighted by Gasteiger charge is 2.16. The van der Waals surface area contributed by atoms with Gasteiger partial charge in [0.2, 0.25) is 0 Å². The second-order valence-corrected chi connectivity index (χ2v) is 5.15. The number of hydrogen-bond acceptors (Lipinski definition) is 3. The van der Waals surface area contributed by atoms with Crippen LogP contribution in [0.15, 0.2) is 24.3 Å². The van der Waals surface area contributed by atoms with E-state index in [2.05, 4.69) is 38.2 Å². The summed E-state index contributed by atoms with van der Waals surface area (Å²) in [7, 11) is 3.69. The Bertz CT molecular complexity index is 363. The summed E-state index contributed by atoms with van der Waals surface area (Å²) in [6.07, 6.45) is 0.870. The molecule has 102 valence electrons. The number of nitrogens with one attached hydrogen (secondary N) is 1. The molecule has 0 aliphatic carbocycles. The molecular weight excluding hydrogens is 226 g/mol. The van der Waals surface area contributed by atoms with Gasteiger partial charge >= 0.3 is 0 Å². The van der Waals surface area contributed by atoms with Crippen molar-refractivity contribution in [3.05, 3.63) is 29.8 Å². The van der Waals surface area contributed by atoms with Gasteiger partial charge in [0.1, 0.15) is 5.75 Å². The van der Waals surface area contributed by atoms with Crippen LogP contribution in [-0.2, 0) is 4.74 Å². The number of methoxy groups -OCH3 is 1. The molecule has 1 aromatic rings. The van der Waals surface area contributed by atoms with Crippen LogP contribution in [-0.4, -0.2) is 26.4 Å². The van der Waals surface area contributed by atoms with E-state index in [0.29, 0.717) is 12.6 Å². The van der Waals surface area contributed by atoms with Crippen molar-refractivity contribution >= 4 is 0 Å². The Morgan fingerprint density at radius 3 is 2.67 bits per heavy atom. The van der Waals surface area contributed by atoms with Gasteiger partial charge in [0.25, 0.3) is 0 Å². The monoisotopic (exact) mass is 251 g/mol. The van der Waals surface area contributed by atoms with Crippen LogP contribution in [0.25, 0.3) is 0 Å². The van der Waals surface area contributed by atoms with Gasteiger partial charge in [-0.1, -0.05) is 12.1 Å². The highest BCUT2D eigenvalue weighted by atomic mass is 16.5. The summed E-state index contributed by atoms with van der Waals surface area (Å²) in [5.74, 6) is 0.918. The van der Waals surface area contributed by atoms with E-state index in [1.807, 2.05) is 19.2 Å². The molecule has 1 aromatic carbocycles. The summed E-state index contributed by atoms with van der Waals surface area (Å²) in [5, 5.41) is 3.22. The lowest BCUT2D eigenvalue weighted by Gasteiger charge is -2.22. The fourth-order valence-electron chi connectivity index (χ4n) is 1.56. The van der Waals surface area contributed by atoms with Gasteiger partial charge in [-0.25, -0.2) is 0 Å². The van der Waals surface area contributed by atoms with Crippen molar-refractivity contribution in [2.45, 2.75) is 38.8 Å². The van der Waals surface area contributed by atoms with Gasteiger partial charge in [-0.3, -0.25) is 0 Å². The molecule has 0 heterocycles. The Hall–Kier alpha value is -1.06. The molecule has 18 heavy (non-hydrogen) atoms. The first-order chi connectivity index (χ1) is 8.48. The highest BCUT2D eigenvalue weighted by Crippen LogP contribution is 2.20. The van der Waals surface area contributed by atoms with Crippen LogP contribution in [0.2, 0.25) is 0 Å². The second-order valence-electron chi connectivity index (χ2n) is 5.15. The lowest BCUT2D eigenvalue weighted by molar-refractivity contribution is 0.00545. The van der Waals surface area contributed by atoms with Gasteiger partial charge in [-0.15, -0.1) is 0 Å². The van der Waals surface area contributed by atoms with Crippen molar-refractivity contribution in [3.63, 3.8) is 0 Å². The van der Waals surface area contributed by atoms with E-state index in [0.717, 1.165) is 12.2 Å². The standard InChI is InChI=1S/C15H25NO2/c1-12(16-4)13-7-6-8-14(11-13)18-10-9-15(2,3)17-5/h6-8,11-12,16H,9-10H2,1-5H3. The Balaban J connectivity index is 2.53. The molecular formula is C15H25NO2. The molecule has 0 spiro atoms. The third-order valence-electron chi connectivity index (χ3n) is 3.32. The van der Waals surface area contributed by atoms with E-state index in [4.69, 9.17) is 9.47 Å². The van der Waals surface area contributed by atoms with E-state index < -0.39 is 0 Å². The van der Waals surface area contributed by atoms with E-state index >= 15 is 0 Å². The highest BCUT2D eigenvalue weighted by molar-refractivity contribution is 5.30. The van der Waals surface area contributed by atoms with E-state index in [-0.39, 0.29) is 5.60 Å².